The maximum absolute atomic E-state index is 12.2. The zero-order chi connectivity index (χ0) is 15.7. The van der Waals surface area contributed by atoms with Gasteiger partial charge in [0, 0.05) is 15.9 Å². The minimum atomic E-state index is -1.27. The predicted molar refractivity (Wildman–Crippen MR) is 83.9 cm³/mol. The lowest BCUT2D eigenvalue weighted by atomic mass is 10.0. The number of nitrogens with one attached hydrogen (secondary N) is 2. The number of furan rings is 1. The van der Waals surface area contributed by atoms with Crippen molar-refractivity contribution in [2.24, 2.45) is 0 Å². The van der Waals surface area contributed by atoms with Crippen LogP contribution in [0, 0.1) is 0 Å². The van der Waals surface area contributed by atoms with Crippen molar-refractivity contribution in [1.82, 2.24) is 10.3 Å². The van der Waals surface area contributed by atoms with Crippen molar-refractivity contribution in [3.63, 3.8) is 0 Å². The van der Waals surface area contributed by atoms with Gasteiger partial charge in [0.05, 0.1) is 12.8 Å². The highest BCUT2D eigenvalue weighted by Crippen LogP contribution is 2.21. The number of carbonyl (C=O) groups is 1. The number of hydrogen-bond donors (Lipinski definition) is 3. The van der Waals surface area contributed by atoms with E-state index in [1.165, 1.54) is 6.26 Å². The van der Waals surface area contributed by atoms with Gasteiger partial charge >= 0.3 is 0 Å². The Labute approximate surface area is 131 Å². The third-order valence-corrected chi connectivity index (χ3v) is 3.71. The van der Waals surface area contributed by atoms with E-state index in [2.05, 4.69) is 10.3 Å². The van der Waals surface area contributed by atoms with Crippen LogP contribution in [0.1, 0.15) is 23.2 Å². The molecule has 1 aromatic carbocycles. The van der Waals surface area contributed by atoms with Crippen molar-refractivity contribution >= 4 is 28.4 Å². The average Bonchev–Trinajstić information content (AvgIpc) is 3.13. The van der Waals surface area contributed by atoms with Gasteiger partial charge in [0.2, 0.25) is 0 Å². The molecule has 0 spiro atoms. The minimum Gasteiger partial charge on any atom is -0.466 e. The van der Waals surface area contributed by atoms with E-state index in [0.29, 0.717) is 16.5 Å². The first-order valence-electron chi connectivity index (χ1n) is 6.78. The second-order valence-electron chi connectivity index (χ2n) is 5.35. The average molecular weight is 319 g/mol. The van der Waals surface area contributed by atoms with Gasteiger partial charge in [-0.2, -0.15) is 0 Å². The van der Waals surface area contributed by atoms with E-state index in [9.17, 15) is 9.90 Å². The molecule has 0 aliphatic carbocycles. The summed E-state index contributed by atoms with van der Waals surface area (Å²) < 4.78 is 5.17. The Bertz CT molecular complexity index is 806. The normalized spacial score (nSPS) is 14.0. The monoisotopic (exact) mass is 318 g/mol. The lowest BCUT2D eigenvalue weighted by Crippen LogP contribution is -2.38. The summed E-state index contributed by atoms with van der Waals surface area (Å²) in [5.74, 6) is 0.0929. The van der Waals surface area contributed by atoms with Crippen LogP contribution in [0.3, 0.4) is 0 Å². The van der Waals surface area contributed by atoms with Crippen molar-refractivity contribution in [1.29, 1.82) is 0 Å². The molecule has 3 rings (SSSR count). The highest BCUT2D eigenvalue weighted by Gasteiger charge is 2.27. The summed E-state index contributed by atoms with van der Waals surface area (Å²) in [7, 11) is 0. The first-order valence-corrected chi connectivity index (χ1v) is 7.16. The van der Waals surface area contributed by atoms with Gasteiger partial charge < -0.3 is 19.8 Å². The number of benzene rings is 1. The number of rotatable bonds is 4. The van der Waals surface area contributed by atoms with Crippen LogP contribution in [0.15, 0.2) is 47.1 Å². The van der Waals surface area contributed by atoms with Gasteiger partial charge in [-0.3, -0.25) is 4.79 Å². The van der Waals surface area contributed by atoms with Gasteiger partial charge in [0.25, 0.3) is 5.91 Å². The molecule has 0 saturated heterocycles. The number of aliphatic hydroxyl groups is 1. The number of amides is 1. The van der Waals surface area contributed by atoms with Crippen LogP contribution >= 0.6 is 11.6 Å². The Balaban J connectivity index is 1.73. The van der Waals surface area contributed by atoms with Gasteiger partial charge in [0.1, 0.15) is 17.1 Å². The molecular weight excluding hydrogens is 304 g/mol. The second-order valence-corrected chi connectivity index (χ2v) is 5.78. The van der Waals surface area contributed by atoms with Crippen LogP contribution in [0.25, 0.3) is 10.9 Å². The molecule has 0 fully saturated rings. The molecule has 3 N–H and O–H groups in total. The molecule has 0 radical (unpaired) electrons. The largest absolute Gasteiger partial charge is 0.466 e. The molecule has 0 aliphatic rings. The summed E-state index contributed by atoms with van der Waals surface area (Å²) in [6.45, 7) is 1.62. The molecule has 1 unspecified atom stereocenters. The summed E-state index contributed by atoms with van der Waals surface area (Å²) in [5, 5.41) is 14.5. The number of aromatic nitrogens is 1. The number of halogens is 1. The van der Waals surface area contributed by atoms with E-state index in [1.54, 1.807) is 37.3 Å². The molecule has 1 atom stereocenters. The number of fused-ring (bicyclic) bond motifs is 1. The Morgan fingerprint density at radius 3 is 2.95 bits per heavy atom. The van der Waals surface area contributed by atoms with Crippen molar-refractivity contribution in [2.75, 3.05) is 6.54 Å². The molecule has 0 saturated carbocycles. The lowest BCUT2D eigenvalue weighted by Gasteiger charge is -2.20. The van der Waals surface area contributed by atoms with Gasteiger partial charge in [0.15, 0.2) is 0 Å². The van der Waals surface area contributed by atoms with Gasteiger partial charge in [-0.1, -0.05) is 17.7 Å². The van der Waals surface area contributed by atoms with Crippen LogP contribution in [0.2, 0.25) is 5.02 Å². The van der Waals surface area contributed by atoms with Crippen LogP contribution in [-0.4, -0.2) is 22.5 Å². The Hall–Kier alpha value is -2.24. The number of H-pyrrole nitrogens is 1. The van der Waals surface area contributed by atoms with E-state index in [-0.39, 0.29) is 12.5 Å². The second kappa shape index (κ2) is 5.51. The van der Waals surface area contributed by atoms with Crippen LogP contribution in [0.4, 0.5) is 0 Å². The van der Waals surface area contributed by atoms with Gasteiger partial charge in [-0.15, -0.1) is 0 Å². The highest BCUT2D eigenvalue weighted by atomic mass is 35.5. The third kappa shape index (κ3) is 2.86. The van der Waals surface area contributed by atoms with E-state index in [1.807, 2.05) is 6.07 Å². The fourth-order valence-corrected chi connectivity index (χ4v) is 2.41. The van der Waals surface area contributed by atoms with Crippen molar-refractivity contribution in [2.45, 2.75) is 12.5 Å². The summed E-state index contributed by atoms with van der Waals surface area (Å²) in [5.41, 5.74) is -0.0722. The highest BCUT2D eigenvalue weighted by molar-refractivity contribution is 6.31. The standard InChI is InChI=1S/C16H15ClN2O3/c1-16(21,14-3-2-6-22-14)9-18-15(20)13-7-10-4-5-11(17)8-12(10)19-13/h2-8,19,21H,9H2,1H3,(H,18,20). The molecule has 3 aromatic rings. The first-order chi connectivity index (χ1) is 10.5. The fourth-order valence-electron chi connectivity index (χ4n) is 2.24. The van der Waals surface area contributed by atoms with Crippen LogP contribution in [0.5, 0.6) is 0 Å². The van der Waals surface area contributed by atoms with E-state index >= 15 is 0 Å². The Morgan fingerprint density at radius 1 is 1.41 bits per heavy atom. The molecule has 2 heterocycles. The molecule has 0 bridgehead atoms. The number of carbonyl (C=O) groups excluding carboxylic acids is 1. The van der Waals surface area contributed by atoms with Crippen molar-refractivity contribution in [3.8, 4) is 0 Å². The van der Waals surface area contributed by atoms with E-state index in [0.717, 1.165) is 10.9 Å². The topological polar surface area (TPSA) is 78.3 Å². The molecular formula is C16H15ClN2O3. The molecule has 22 heavy (non-hydrogen) atoms. The first kappa shape index (κ1) is 14.7. The number of aromatic amines is 1. The fraction of sp³-hybridized carbons (Fsp3) is 0.188. The maximum Gasteiger partial charge on any atom is 0.267 e. The van der Waals surface area contributed by atoms with Crippen molar-refractivity contribution in [3.05, 3.63) is 59.1 Å². The molecule has 2 aromatic heterocycles. The molecule has 1 amide bonds. The zero-order valence-electron chi connectivity index (χ0n) is 11.9. The van der Waals surface area contributed by atoms with Crippen LogP contribution < -0.4 is 5.32 Å². The Morgan fingerprint density at radius 2 is 2.23 bits per heavy atom. The summed E-state index contributed by atoms with van der Waals surface area (Å²) in [4.78, 5) is 15.2. The molecule has 6 heteroatoms. The van der Waals surface area contributed by atoms with Gasteiger partial charge in [-0.05, 0) is 37.3 Å². The summed E-state index contributed by atoms with van der Waals surface area (Å²) in [6, 6.07) is 10.4. The molecule has 5 nitrogen and oxygen atoms in total. The minimum absolute atomic E-state index is 0.0372. The van der Waals surface area contributed by atoms with E-state index < -0.39 is 5.60 Å². The summed E-state index contributed by atoms with van der Waals surface area (Å²) in [6.07, 6.45) is 1.48. The summed E-state index contributed by atoms with van der Waals surface area (Å²) >= 11 is 5.92. The van der Waals surface area contributed by atoms with Gasteiger partial charge in [-0.25, -0.2) is 0 Å². The van der Waals surface area contributed by atoms with Crippen LogP contribution in [-0.2, 0) is 5.60 Å². The number of hydrogen-bond acceptors (Lipinski definition) is 3. The van der Waals surface area contributed by atoms with E-state index in [4.69, 9.17) is 16.0 Å². The zero-order valence-corrected chi connectivity index (χ0v) is 12.6. The maximum atomic E-state index is 12.2. The third-order valence-electron chi connectivity index (χ3n) is 3.47. The lowest BCUT2D eigenvalue weighted by molar-refractivity contribution is 0.0329. The quantitative estimate of drug-likeness (QED) is 0.692. The van der Waals surface area contributed by atoms with Crippen molar-refractivity contribution < 1.29 is 14.3 Å². The molecule has 0 aliphatic heterocycles. The SMILES string of the molecule is CC(O)(CNC(=O)c1cc2ccc(Cl)cc2[nH]1)c1ccco1. The molecule has 114 valence electrons. The predicted octanol–water partition coefficient (Wildman–Crippen LogP) is 3.05. The Kier molecular flexibility index (Phi) is 3.68. The smallest absolute Gasteiger partial charge is 0.267 e.